The average molecular weight is 859 g/mol. The minimum absolute atomic E-state index is 0.127. The summed E-state index contributed by atoms with van der Waals surface area (Å²) < 4.78 is 139. The van der Waals surface area contributed by atoms with Crippen LogP contribution in [0.5, 0.6) is 17.2 Å². The number of carbonyl (C=O) groups excluding carboxylic acids is 3. The Balaban J connectivity index is 1.99. The molecule has 314 valence electrons. The van der Waals surface area contributed by atoms with Crippen LogP contribution < -0.4 is 14.2 Å². The maximum Gasteiger partial charge on any atom is 0.514 e. The first-order valence-corrected chi connectivity index (χ1v) is 19.9. The lowest BCUT2D eigenvalue weighted by molar-refractivity contribution is 0.0193. The number of benzene rings is 4. The lowest BCUT2D eigenvalue weighted by Crippen LogP contribution is -2.26. The van der Waals surface area contributed by atoms with Crippen molar-refractivity contribution >= 4 is 38.9 Å². The van der Waals surface area contributed by atoms with Crippen LogP contribution in [0.2, 0.25) is 0 Å². The van der Waals surface area contributed by atoms with Gasteiger partial charge in [-0.05, 0) is 145 Å². The summed E-state index contributed by atoms with van der Waals surface area (Å²) >= 11 is 0. The summed E-state index contributed by atoms with van der Waals surface area (Å²) in [5, 5.41) is 0. The van der Waals surface area contributed by atoms with Crippen molar-refractivity contribution in [3.05, 3.63) is 102 Å². The van der Waals surface area contributed by atoms with E-state index in [9.17, 15) is 36.0 Å². The Kier molecular flexibility index (Phi) is 13.1. The molecule has 0 saturated carbocycles. The lowest BCUT2D eigenvalue weighted by Gasteiger charge is -2.39. The summed E-state index contributed by atoms with van der Waals surface area (Å²) in [4.78, 5) is 34.6. The predicted molar refractivity (Wildman–Crippen MR) is 197 cm³/mol. The van der Waals surface area contributed by atoms with E-state index in [1.807, 2.05) is 0 Å². The van der Waals surface area contributed by atoms with Crippen LogP contribution in [0.25, 0.3) is 0 Å². The molecule has 0 aliphatic rings. The zero-order valence-electron chi connectivity index (χ0n) is 32.5. The molecule has 0 heterocycles. The van der Waals surface area contributed by atoms with Gasteiger partial charge in [0.2, 0.25) is 5.82 Å². The molecule has 0 spiro atoms. The van der Waals surface area contributed by atoms with Crippen LogP contribution in [0.15, 0.2) is 92.4 Å². The van der Waals surface area contributed by atoms with E-state index in [-0.39, 0.29) is 31.9 Å². The molecule has 0 fully saturated rings. The normalized spacial score (nSPS) is 12.7. The van der Waals surface area contributed by atoms with Crippen molar-refractivity contribution in [2.45, 2.75) is 98.7 Å². The molecular weight excluding hydrogens is 820 g/mol. The van der Waals surface area contributed by atoms with Crippen molar-refractivity contribution in [1.82, 2.24) is 0 Å². The molecule has 4 aromatic carbocycles. The molecule has 19 heteroatoms. The van der Waals surface area contributed by atoms with Crippen LogP contribution in [-0.2, 0) is 28.0 Å². The van der Waals surface area contributed by atoms with Crippen LogP contribution in [0.1, 0.15) is 62.3 Å². The van der Waals surface area contributed by atoms with E-state index in [0.717, 1.165) is 0 Å². The van der Waals surface area contributed by atoms with E-state index >= 15 is 8.78 Å². The molecule has 0 aromatic heterocycles. The lowest BCUT2D eigenvalue weighted by atomic mass is 10.2. The van der Waals surface area contributed by atoms with Crippen molar-refractivity contribution < 1.29 is 76.8 Å². The Morgan fingerprint density at radius 2 is 0.672 bits per heavy atom. The highest BCUT2D eigenvalue weighted by molar-refractivity contribution is 8.33. The van der Waals surface area contributed by atoms with Crippen LogP contribution in [0.3, 0.4) is 0 Å². The van der Waals surface area contributed by atoms with E-state index in [0.29, 0.717) is 0 Å². The first kappa shape index (κ1) is 45.3. The largest absolute Gasteiger partial charge is 0.514 e. The molecule has 0 bridgehead atoms. The highest BCUT2D eigenvalue weighted by atomic mass is 32.3. The van der Waals surface area contributed by atoms with Crippen molar-refractivity contribution in [3.8, 4) is 17.2 Å². The van der Waals surface area contributed by atoms with Gasteiger partial charge in [0.1, 0.15) is 34.1 Å². The summed E-state index contributed by atoms with van der Waals surface area (Å²) in [5.74, 6) is -13.5. The SMILES string of the molecule is CC(C)(C)OC(=O)Oc1ccc(S(OS(=O)(=O)c2c(F)c(F)c(F)c(F)c2F)(c2ccc(OC(=O)OC(C)(C)C)cc2)c2ccc(OC(=O)OC(C)(C)C)cc2)cc1. The molecule has 58 heavy (non-hydrogen) atoms. The highest BCUT2D eigenvalue weighted by Crippen LogP contribution is 2.70. The van der Waals surface area contributed by atoms with Gasteiger partial charge in [0.05, 0.1) is 0 Å². The van der Waals surface area contributed by atoms with E-state index in [4.69, 9.17) is 32.1 Å². The van der Waals surface area contributed by atoms with Crippen LogP contribution >= 0.6 is 10.3 Å². The molecule has 0 unspecified atom stereocenters. The van der Waals surface area contributed by atoms with Crippen molar-refractivity contribution in [3.63, 3.8) is 0 Å². The maximum absolute atomic E-state index is 15.2. The number of hydrogen-bond donors (Lipinski definition) is 0. The van der Waals surface area contributed by atoms with Crippen LogP contribution in [0, 0.1) is 29.1 Å². The van der Waals surface area contributed by atoms with Crippen molar-refractivity contribution in [1.29, 1.82) is 0 Å². The van der Waals surface area contributed by atoms with Gasteiger partial charge in [-0.3, -0.25) is 0 Å². The fraction of sp³-hybridized carbons (Fsp3) is 0.308. The molecule has 0 saturated heterocycles. The first-order valence-electron chi connectivity index (χ1n) is 17.0. The van der Waals surface area contributed by atoms with Gasteiger partial charge in [-0.2, -0.15) is 8.42 Å². The standard InChI is InChI=1S/C39H39F5O12S2/c1-37(2,3)53-34(45)50-22-10-16-25(17-11-22)57(26-18-12-23(13-19-26)51-35(46)54-38(4,5)6,27-20-14-24(15-21-27)52-36(47)55-39(7,8)9)56-58(48,49)33-31(43)29(41)28(40)30(42)32(33)44/h10-21H,1-9H3. The maximum atomic E-state index is 15.2. The molecule has 0 aliphatic heterocycles. The van der Waals surface area contributed by atoms with Gasteiger partial charge in [-0.15, -0.1) is 0 Å². The second-order valence-electron chi connectivity index (χ2n) is 15.1. The summed E-state index contributed by atoms with van der Waals surface area (Å²) in [6.07, 6.45) is -3.32. The van der Waals surface area contributed by atoms with Crippen LogP contribution in [-0.4, -0.2) is 43.7 Å². The highest BCUT2D eigenvalue weighted by Gasteiger charge is 2.43. The molecule has 0 amide bonds. The van der Waals surface area contributed by atoms with Gasteiger partial charge in [-0.1, -0.05) is 0 Å². The number of halogens is 5. The Bertz CT molecular complexity index is 2070. The van der Waals surface area contributed by atoms with Gasteiger partial charge in [0.25, 0.3) is 0 Å². The summed E-state index contributed by atoms with van der Waals surface area (Å²) in [6.45, 7) is 14.3. The van der Waals surface area contributed by atoms with Crippen LogP contribution in [0.4, 0.5) is 36.3 Å². The van der Waals surface area contributed by atoms with Crippen molar-refractivity contribution in [2.24, 2.45) is 0 Å². The number of hydrogen-bond acceptors (Lipinski definition) is 12. The summed E-state index contributed by atoms with van der Waals surface area (Å²) in [6, 6.07) is 14.4. The molecule has 4 aromatic rings. The number of carbonyl (C=O) groups is 3. The second-order valence-corrected chi connectivity index (χ2v) is 19.5. The Morgan fingerprint density at radius 1 is 0.431 bits per heavy atom. The molecule has 0 radical (unpaired) electrons. The predicted octanol–water partition coefficient (Wildman–Crippen LogP) is 10.9. The van der Waals surface area contributed by atoms with E-state index in [2.05, 4.69) is 0 Å². The van der Waals surface area contributed by atoms with Gasteiger partial charge >= 0.3 is 28.6 Å². The second kappa shape index (κ2) is 16.8. The third-order valence-corrected chi connectivity index (χ3v) is 12.0. The monoisotopic (exact) mass is 858 g/mol. The zero-order valence-corrected chi connectivity index (χ0v) is 34.2. The third-order valence-electron chi connectivity index (χ3n) is 6.85. The third kappa shape index (κ3) is 11.2. The first-order chi connectivity index (χ1) is 26.6. The smallest absolute Gasteiger partial charge is 0.428 e. The van der Waals surface area contributed by atoms with Gasteiger partial charge in [-0.25, -0.2) is 40.0 Å². The number of ether oxygens (including phenoxy) is 6. The molecule has 0 N–H and O–H groups in total. The molecule has 12 nitrogen and oxygen atoms in total. The quantitative estimate of drug-likeness (QED) is 0.0393. The fourth-order valence-electron chi connectivity index (χ4n) is 4.70. The zero-order chi connectivity index (χ0) is 43.6. The molecular formula is C39H39F5O12S2. The van der Waals surface area contributed by atoms with E-state index < -0.39 is 89.7 Å². The van der Waals surface area contributed by atoms with E-state index in [1.54, 1.807) is 62.3 Å². The Morgan fingerprint density at radius 3 is 0.914 bits per heavy atom. The summed E-state index contributed by atoms with van der Waals surface area (Å²) in [5.41, 5.74) is -2.83. The van der Waals surface area contributed by atoms with Gasteiger partial charge in [0, 0.05) is 14.7 Å². The Hall–Kier alpha value is -5.40. The molecule has 0 atom stereocenters. The fourth-order valence-corrected chi connectivity index (χ4v) is 9.98. The van der Waals surface area contributed by atoms with E-state index in [1.165, 1.54) is 72.8 Å². The Labute approximate surface area is 332 Å². The van der Waals surface area contributed by atoms with Crippen molar-refractivity contribution in [2.75, 3.05) is 0 Å². The minimum Gasteiger partial charge on any atom is -0.428 e. The molecule has 4 rings (SSSR count). The average Bonchev–Trinajstić information content (AvgIpc) is 3.07. The number of rotatable bonds is 9. The summed E-state index contributed by atoms with van der Waals surface area (Å²) in [7, 11) is -10.0. The van der Waals surface area contributed by atoms with Gasteiger partial charge < -0.3 is 28.4 Å². The molecule has 0 aliphatic carbocycles. The van der Waals surface area contributed by atoms with Gasteiger partial charge in [0.15, 0.2) is 28.2 Å². The minimum atomic E-state index is -6.01. The topological polar surface area (TPSA) is 150 Å².